The molecular weight excluding hydrogens is 348 g/mol. The Morgan fingerprint density at radius 2 is 1.85 bits per heavy atom. The maximum atomic E-state index is 15.3. The molecule has 3 atom stereocenters. The number of piperidine rings is 1. The molecule has 0 amide bonds. The number of pyridine rings is 1. The van der Waals surface area contributed by atoms with Crippen LogP contribution in [0.3, 0.4) is 0 Å². The zero-order valence-electron chi connectivity index (χ0n) is 15.6. The van der Waals surface area contributed by atoms with Gasteiger partial charge in [-0.3, -0.25) is 0 Å². The Balaban J connectivity index is 1.89. The maximum Gasteiger partial charge on any atom is 0.150 e. The molecule has 3 heterocycles. The second-order valence-electron chi connectivity index (χ2n) is 7.65. The van der Waals surface area contributed by atoms with Gasteiger partial charge in [-0.25, -0.2) is 13.8 Å². The minimum atomic E-state index is -1.25. The largest absolute Gasteiger partial charge is 0.384 e. The fraction of sp³-hybridized carbons (Fsp3) is 0.381. The van der Waals surface area contributed by atoms with Gasteiger partial charge in [0.05, 0.1) is 5.39 Å². The van der Waals surface area contributed by atoms with Crippen molar-refractivity contribution in [1.29, 1.82) is 0 Å². The number of hydrogen-bond donors (Lipinski definition) is 3. The summed E-state index contributed by atoms with van der Waals surface area (Å²) in [5.74, 6) is -1.14. The molecule has 0 saturated carbocycles. The Labute approximate surface area is 156 Å². The van der Waals surface area contributed by atoms with Crippen molar-refractivity contribution in [3.63, 3.8) is 0 Å². The molecule has 6 heteroatoms. The number of aliphatic hydroxyl groups is 1. The highest BCUT2D eigenvalue weighted by Crippen LogP contribution is 2.43. The average Bonchev–Trinajstić information content (AvgIpc) is 3.00. The number of halogens is 2. The molecule has 1 aromatic carbocycles. The number of aromatic amines is 1. The zero-order chi connectivity index (χ0) is 19.3. The van der Waals surface area contributed by atoms with E-state index in [1.54, 1.807) is 19.2 Å². The number of aromatic nitrogens is 2. The Kier molecular flexibility index (Phi) is 4.28. The normalized spacial score (nSPS) is 25.9. The molecule has 0 spiro atoms. The third kappa shape index (κ3) is 2.66. The van der Waals surface area contributed by atoms with Gasteiger partial charge in [0.25, 0.3) is 0 Å². The molecule has 1 aliphatic heterocycles. The fourth-order valence-corrected chi connectivity index (χ4v) is 4.47. The van der Waals surface area contributed by atoms with Gasteiger partial charge in [-0.2, -0.15) is 0 Å². The van der Waals surface area contributed by atoms with E-state index in [1.165, 1.54) is 12.3 Å². The van der Waals surface area contributed by atoms with Crippen LogP contribution in [0, 0.1) is 30.4 Å². The van der Waals surface area contributed by atoms with Crippen LogP contribution in [-0.2, 0) is 5.60 Å². The minimum absolute atomic E-state index is 0.130. The number of hydrogen-bond acceptors (Lipinski definition) is 3. The highest BCUT2D eigenvalue weighted by Gasteiger charge is 2.45. The van der Waals surface area contributed by atoms with Gasteiger partial charge < -0.3 is 15.4 Å². The molecule has 27 heavy (non-hydrogen) atoms. The molecule has 0 bridgehead atoms. The van der Waals surface area contributed by atoms with E-state index in [-0.39, 0.29) is 11.8 Å². The molecule has 2 aromatic heterocycles. The van der Waals surface area contributed by atoms with Crippen LogP contribution in [0.15, 0.2) is 30.6 Å². The van der Waals surface area contributed by atoms with Crippen molar-refractivity contribution in [3.8, 4) is 11.1 Å². The number of nitrogens with one attached hydrogen (secondary N) is 2. The standard InChI is InChI=1S/C21H23F2N3O/c1-11-6-14(15-4-5-25-20-18(15)17(23)10-26-20)7-16(22)19(11)21(27)12(2)8-24-9-13(21)3/h4-7,10,12-13,24,27H,8-9H2,1-3H3,(H,25,26)/t12-,13+,21-. The second-order valence-corrected chi connectivity index (χ2v) is 7.65. The first kappa shape index (κ1) is 18.1. The quantitative estimate of drug-likeness (QED) is 0.641. The van der Waals surface area contributed by atoms with Crippen molar-refractivity contribution in [2.75, 3.05) is 13.1 Å². The summed E-state index contributed by atoms with van der Waals surface area (Å²) in [5, 5.41) is 15.0. The number of rotatable bonds is 2. The third-order valence-electron chi connectivity index (χ3n) is 5.93. The van der Waals surface area contributed by atoms with Crippen LogP contribution in [-0.4, -0.2) is 28.2 Å². The van der Waals surface area contributed by atoms with E-state index in [0.717, 1.165) is 0 Å². The van der Waals surface area contributed by atoms with Gasteiger partial charge in [0.2, 0.25) is 0 Å². The topological polar surface area (TPSA) is 60.9 Å². The Morgan fingerprint density at radius 3 is 2.52 bits per heavy atom. The monoisotopic (exact) mass is 371 g/mol. The van der Waals surface area contributed by atoms with Crippen LogP contribution in [0.25, 0.3) is 22.2 Å². The fourth-order valence-electron chi connectivity index (χ4n) is 4.47. The summed E-state index contributed by atoms with van der Waals surface area (Å²) >= 11 is 0. The molecule has 1 aliphatic rings. The third-order valence-corrected chi connectivity index (χ3v) is 5.93. The molecule has 4 rings (SSSR count). The van der Waals surface area contributed by atoms with E-state index in [1.807, 2.05) is 19.9 Å². The molecular formula is C21H23F2N3O. The van der Waals surface area contributed by atoms with Gasteiger partial charge in [0.1, 0.15) is 17.1 Å². The van der Waals surface area contributed by atoms with Gasteiger partial charge in [-0.1, -0.05) is 19.9 Å². The molecule has 142 valence electrons. The van der Waals surface area contributed by atoms with Crippen molar-refractivity contribution in [2.24, 2.45) is 11.8 Å². The smallest absolute Gasteiger partial charge is 0.150 e. The first-order valence-electron chi connectivity index (χ1n) is 9.19. The Hall–Kier alpha value is -2.31. The van der Waals surface area contributed by atoms with Gasteiger partial charge in [0, 0.05) is 42.9 Å². The van der Waals surface area contributed by atoms with Crippen LogP contribution >= 0.6 is 0 Å². The van der Waals surface area contributed by atoms with Crippen LogP contribution in [0.2, 0.25) is 0 Å². The van der Waals surface area contributed by atoms with Gasteiger partial charge >= 0.3 is 0 Å². The summed E-state index contributed by atoms with van der Waals surface area (Å²) in [6.07, 6.45) is 2.82. The van der Waals surface area contributed by atoms with Crippen molar-refractivity contribution in [1.82, 2.24) is 15.3 Å². The summed E-state index contributed by atoms with van der Waals surface area (Å²) in [5.41, 5.74) is 1.32. The van der Waals surface area contributed by atoms with E-state index in [4.69, 9.17) is 0 Å². The van der Waals surface area contributed by atoms with Crippen molar-refractivity contribution in [3.05, 3.63) is 53.4 Å². The van der Waals surface area contributed by atoms with Crippen molar-refractivity contribution in [2.45, 2.75) is 26.4 Å². The minimum Gasteiger partial charge on any atom is -0.384 e. The van der Waals surface area contributed by atoms with E-state index in [9.17, 15) is 9.50 Å². The van der Waals surface area contributed by atoms with Gasteiger partial charge in [-0.05, 0) is 35.7 Å². The van der Waals surface area contributed by atoms with Crippen molar-refractivity contribution >= 4 is 11.0 Å². The second kappa shape index (κ2) is 6.39. The number of aryl methyl sites for hydroxylation is 1. The summed E-state index contributed by atoms with van der Waals surface area (Å²) in [7, 11) is 0. The number of benzene rings is 1. The molecule has 3 aromatic rings. The van der Waals surface area contributed by atoms with E-state index < -0.39 is 17.2 Å². The molecule has 4 nitrogen and oxygen atoms in total. The lowest BCUT2D eigenvalue weighted by molar-refractivity contribution is -0.0835. The lowest BCUT2D eigenvalue weighted by Crippen LogP contribution is -2.53. The van der Waals surface area contributed by atoms with Gasteiger partial charge in [-0.15, -0.1) is 0 Å². The highest BCUT2D eigenvalue weighted by molar-refractivity contribution is 5.93. The van der Waals surface area contributed by atoms with E-state index in [2.05, 4.69) is 15.3 Å². The SMILES string of the molecule is Cc1cc(-c2ccnc3[nH]cc(F)c23)cc(F)c1[C@@]1(O)[C@H](C)CNC[C@@H]1C. The molecule has 0 aliphatic carbocycles. The molecule has 1 saturated heterocycles. The predicted octanol–water partition coefficient (Wildman–Crippen LogP) is 3.88. The molecule has 0 radical (unpaired) electrons. The average molecular weight is 371 g/mol. The summed E-state index contributed by atoms with van der Waals surface area (Å²) in [6.45, 7) is 6.91. The van der Waals surface area contributed by atoms with Crippen LogP contribution in [0.4, 0.5) is 8.78 Å². The van der Waals surface area contributed by atoms with E-state index in [0.29, 0.717) is 46.4 Å². The van der Waals surface area contributed by atoms with Crippen molar-refractivity contribution < 1.29 is 13.9 Å². The Morgan fingerprint density at radius 1 is 1.15 bits per heavy atom. The molecule has 0 unspecified atom stereocenters. The first-order chi connectivity index (χ1) is 12.8. The van der Waals surface area contributed by atoms with Gasteiger partial charge in [0.15, 0.2) is 5.82 Å². The summed E-state index contributed by atoms with van der Waals surface area (Å²) in [6, 6.07) is 4.89. The zero-order valence-corrected chi connectivity index (χ0v) is 15.6. The van der Waals surface area contributed by atoms with Crippen LogP contribution in [0.1, 0.15) is 25.0 Å². The number of nitrogens with zero attached hydrogens (tertiary/aromatic N) is 1. The highest BCUT2D eigenvalue weighted by atomic mass is 19.1. The molecule has 1 fully saturated rings. The lowest BCUT2D eigenvalue weighted by atomic mass is 9.69. The first-order valence-corrected chi connectivity index (χ1v) is 9.19. The number of H-pyrrole nitrogens is 1. The molecule has 3 N–H and O–H groups in total. The summed E-state index contributed by atoms with van der Waals surface area (Å²) in [4.78, 5) is 6.90. The summed E-state index contributed by atoms with van der Waals surface area (Å²) < 4.78 is 29.5. The Bertz CT molecular complexity index is 981. The maximum absolute atomic E-state index is 15.3. The van der Waals surface area contributed by atoms with Crippen LogP contribution in [0.5, 0.6) is 0 Å². The number of fused-ring (bicyclic) bond motifs is 1. The lowest BCUT2D eigenvalue weighted by Gasteiger charge is -2.45. The van der Waals surface area contributed by atoms with Crippen LogP contribution < -0.4 is 5.32 Å². The predicted molar refractivity (Wildman–Crippen MR) is 101 cm³/mol. The van der Waals surface area contributed by atoms with E-state index >= 15 is 4.39 Å².